The fourth-order valence-electron chi connectivity index (χ4n) is 2.50. The third-order valence-corrected chi connectivity index (χ3v) is 4.79. The van der Waals surface area contributed by atoms with Gasteiger partial charge in [-0.3, -0.25) is 4.68 Å². The molecule has 0 amide bonds. The van der Waals surface area contributed by atoms with Crippen molar-refractivity contribution in [3.63, 3.8) is 0 Å². The highest BCUT2D eigenvalue weighted by atomic mass is 32.2. The highest BCUT2D eigenvalue weighted by molar-refractivity contribution is 7.94. The molecule has 0 radical (unpaired) electrons. The minimum Gasteiger partial charge on any atom is -0.303 e. The predicted molar refractivity (Wildman–Crippen MR) is 70.9 cm³/mol. The summed E-state index contributed by atoms with van der Waals surface area (Å²) in [5.74, 6) is 0.149. The van der Waals surface area contributed by atoms with Crippen molar-refractivity contribution in [3.8, 4) is 0 Å². The van der Waals surface area contributed by atoms with Crippen LogP contribution in [0.3, 0.4) is 0 Å². The van der Waals surface area contributed by atoms with Crippen LogP contribution in [0.5, 0.6) is 0 Å². The first kappa shape index (κ1) is 13.3. The first-order valence-corrected chi connectivity index (χ1v) is 7.69. The SMILES string of the molecule is Cc1nn(C)c(C)c1C(C)NC1C=CS(=O)(=O)C1. The van der Waals surface area contributed by atoms with Gasteiger partial charge in [-0.1, -0.05) is 6.08 Å². The third-order valence-electron chi connectivity index (χ3n) is 3.39. The van der Waals surface area contributed by atoms with Crippen LogP contribution in [-0.4, -0.2) is 30.0 Å². The molecule has 0 spiro atoms. The fourth-order valence-corrected chi connectivity index (χ4v) is 3.75. The van der Waals surface area contributed by atoms with Crippen molar-refractivity contribution >= 4 is 9.84 Å². The third kappa shape index (κ3) is 2.49. The van der Waals surface area contributed by atoms with E-state index in [1.807, 2.05) is 32.5 Å². The molecule has 5 nitrogen and oxygen atoms in total. The molecular weight excluding hydrogens is 250 g/mol. The summed E-state index contributed by atoms with van der Waals surface area (Å²) in [5.41, 5.74) is 3.24. The number of aryl methyl sites for hydroxylation is 2. The minimum atomic E-state index is -3.00. The zero-order valence-electron chi connectivity index (χ0n) is 11.1. The molecule has 1 N–H and O–H groups in total. The van der Waals surface area contributed by atoms with Gasteiger partial charge >= 0.3 is 0 Å². The van der Waals surface area contributed by atoms with Gasteiger partial charge in [0.15, 0.2) is 9.84 Å². The van der Waals surface area contributed by atoms with Gasteiger partial charge in [-0.2, -0.15) is 5.10 Å². The first-order valence-electron chi connectivity index (χ1n) is 5.97. The van der Waals surface area contributed by atoms with Gasteiger partial charge in [0.25, 0.3) is 0 Å². The maximum Gasteiger partial charge on any atom is 0.173 e. The van der Waals surface area contributed by atoms with Crippen LogP contribution in [0, 0.1) is 13.8 Å². The highest BCUT2D eigenvalue weighted by Gasteiger charge is 2.25. The zero-order chi connectivity index (χ0) is 13.5. The second-order valence-electron chi connectivity index (χ2n) is 4.86. The summed E-state index contributed by atoms with van der Waals surface area (Å²) in [6.07, 6.45) is 1.72. The Kier molecular flexibility index (Phi) is 3.33. The molecule has 2 atom stereocenters. The quantitative estimate of drug-likeness (QED) is 0.889. The van der Waals surface area contributed by atoms with E-state index in [-0.39, 0.29) is 17.8 Å². The van der Waals surface area contributed by atoms with E-state index in [1.54, 1.807) is 6.08 Å². The topological polar surface area (TPSA) is 64.0 Å². The predicted octanol–water partition coefficient (Wildman–Crippen LogP) is 0.998. The van der Waals surface area contributed by atoms with E-state index < -0.39 is 9.84 Å². The van der Waals surface area contributed by atoms with Crippen LogP contribution in [0.4, 0.5) is 0 Å². The summed E-state index contributed by atoms with van der Waals surface area (Å²) >= 11 is 0. The number of hydrogen-bond donors (Lipinski definition) is 1. The first-order chi connectivity index (χ1) is 8.30. The molecule has 2 rings (SSSR count). The summed E-state index contributed by atoms with van der Waals surface area (Å²) in [6.45, 7) is 6.03. The second-order valence-corrected chi connectivity index (χ2v) is 6.79. The second kappa shape index (κ2) is 4.51. The Balaban J connectivity index is 2.14. The lowest BCUT2D eigenvalue weighted by atomic mass is 10.1. The van der Waals surface area contributed by atoms with Gasteiger partial charge in [-0.05, 0) is 20.8 Å². The Morgan fingerprint density at radius 3 is 2.61 bits per heavy atom. The Hall–Kier alpha value is -1.14. The van der Waals surface area contributed by atoms with Crippen LogP contribution in [0.25, 0.3) is 0 Å². The number of hydrogen-bond acceptors (Lipinski definition) is 4. The molecule has 1 aromatic rings. The largest absolute Gasteiger partial charge is 0.303 e. The Morgan fingerprint density at radius 1 is 1.50 bits per heavy atom. The van der Waals surface area contributed by atoms with Crippen molar-refractivity contribution < 1.29 is 8.42 Å². The molecule has 100 valence electrons. The summed E-state index contributed by atoms with van der Waals surface area (Å²) in [4.78, 5) is 0. The van der Waals surface area contributed by atoms with Crippen molar-refractivity contribution in [2.75, 3.05) is 5.75 Å². The molecule has 1 aliphatic rings. The smallest absolute Gasteiger partial charge is 0.173 e. The highest BCUT2D eigenvalue weighted by Crippen LogP contribution is 2.22. The van der Waals surface area contributed by atoms with E-state index in [2.05, 4.69) is 10.4 Å². The normalized spacial score (nSPS) is 23.4. The Morgan fingerprint density at radius 2 is 2.17 bits per heavy atom. The van der Waals surface area contributed by atoms with Crippen LogP contribution < -0.4 is 5.32 Å². The zero-order valence-corrected chi connectivity index (χ0v) is 12.0. The molecule has 0 aromatic carbocycles. The standard InChI is InChI=1S/C12H19N3O2S/c1-8(12-9(2)14-15(4)10(12)3)13-11-5-6-18(16,17)7-11/h5-6,8,11,13H,7H2,1-4H3. The van der Waals surface area contributed by atoms with Gasteiger partial charge in [-0.15, -0.1) is 0 Å². The molecule has 0 saturated heterocycles. The lowest BCUT2D eigenvalue weighted by molar-refractivity contribution is 0.531. The molecule has 6 heteroatoms. The van der Waals surface area contributed by atoms with Crippen LogP contribution in [-0.2, 0) is 16.9 Å². The van der Waals surface area contributed by atoms with Crippen LogP contribution >= 0.6 is 0 Å². The lowest BCUT2D eigenvalue weighted by Crippen LogP contribution is -2.32. The van der Waals surface area contributed by atoms with Crippen molar-refractivity contribution in [1.29, 1.82) is 0 Å². The van der Waals surface area contributed by atoms with Gasteiger partial charge < -0.3 is 5.32 Å². The Labute approximate surface area is 108 Å². The van der Waals surface area contributed by atoms with E-state index in [1.165, 1.54) is 5.41 Å². The average molecular weight is 269 g/mol. The summed E-state index contributed by atoms with van der Waals surface area (Å²) < 4.78 is 24.6. The van der Waals surface area contributed by atoms with Crippen molar-refractivity contribution in [2.45, 2.75) is 32.9 Å². The molecule has 1 aliphatic heterocycles. The molecule has 1 aromatic heterocycles. The molecule has 0 saturated carbocycles. The van der Waals surface area contributed by atoms with Crippen molar-refractivity contribution in [3.05, 3.63) is 28.4 Å². The molecule has 0 aliphatic carbocycles. The molecule has 2 heterocycles. The lowest BCUT2D eigenvalue weighted by Gasteiger charge is -2.18. The Bertz CT molecular complexity index is 587. The molecule has 2 unspecified atom stereocenters. The number of nitrogens with one attached hydrogen (secondary N) is 1. The minimum absolute atomic E-state index is 0.0849. The number of nitrogens with zero attached hydrogens (tertiary/aromatic N) is 2. The van der Waals surface area contributed by atoms with Crippen molar-refractivity contribution in [2.24, 2.45) is 7.05 Å². The summed E-state index contributed by atoms with van der Waals surface area (Å²) in [6, 6.07) is -0.0225. The summed E-state index contributed by atoms with van der Waals surface area (Å²) in [7, 11) is -1.09. The van der Waals surface area contributed by atoms with E-state index in [0.717, 1.165) is 17.0 Å². The fraction of sp³-hybridized carbons (Fsp3) is 0.583. The monoisotopic (exact) mass is 269 g/mol. The van der Waals surface area contributed by atoms with Crippen molar-refractivity contribution in [1.82, 2.24) is 15.1 Å². The number of aromatic nitrogens is 2. The van der Waals surface area contributed by atoms with E-state index >= 15 is 0 Å². The van der Waals surface area contributed by atoms with Gasteiger partial charge in [0, 0.05) is 35.8 Å². The van der Waals surface area contributed by atoms with Gasteiger partial charge in [0.1, 0.15) is 0 Å². The van der Waals surface area contributed by atoms with Gasteiger partial charge in [-0.25, -0.2) is 8.42 Å². The van der Waals surface area contributed by atoms with Crippen LogP contribution in [0.1, 0.15) is 29.9 Å². The number of sulfone groups is 1. The average Bonchev–Trinajstić information content (AvgIpc) is 2.68. The maximum atomic E-state index is 11.4. The van der Waals surface area contributed by atoms with E-state index in [0.29, 0.717) is 0 Å². The van der Waals surface area contributed by atoms with E-state index in [4.69, 9.17) is 0 Å². The van der Waals surface area contributed by atoms with Crippen LogP contribution in [0.2, 0.25) is 0 Å². The number of rotatable bonds is 3. The molecule has 0 fully saturated rings. The molecule has 0 bridgehead atoms. The maximum absolute atomic E-state index is 11.4. The summed E-state index contributed by atoms with van der Waals surface area (Å²) in [5, 5.41) is 8.99. The van der Waals surface area contributed by atoms with E-state index in [9.17, 15) is 8.42 Å². The van der Waals surface area contributed by atoms with Crippen LogP contribution in [0.15, 0.2) is 11.5 Å². The molecule has 18 heavy (non-hydrogen) atoms. The van der Waals surface area contributed by atoms with Gasteiger partial charge in [0.05, 0.1) is 11.4 Å². The molecular formula is C12H19N3O2S. The van der Waals surface area contributed by atoms with Gasteiger partial charge in [0.2, 0.25) is 0 Å².